The van der Waals surface area contributed by atoms with E-state index in [1.807, 2.05) is 19.1 Å². The number of hydrogen-bond donors (Lipinski definition) is 1. The summed E-state index contributed by atoms with van der Waals surface area (Å²) in [4.78, 5) is 50.8. The van der Waals surface area contributed by atoms with Crippen molar-refractivity contribution >= 4 is 29.4 Å². The highest BCUT2D eigenvalue weighted by molar-refractivity contribution is 6.22. The van der Waals surface area contributed by atoms with E-state index < -0.39 is 23.9 Å². The predicted molar refractivity (Wildman–Crippen MR) is 107 cm³/mol. The van der Waals surface area contributed by atoms with E-state index in [2.05, 4.69) is 5.32 Å². The zero-order valence-electron chi connectivity index (χ0n) is 16.7. The van der Waals surface area contributed by atoms with Gasteiger partial charge in [0.15, 0.2) is 6.10 Å². The fourth-order valence-corrected chi connectivity index (χ4v) is 3.09. The Morgan fingerprint density at radius 3 is 2.28 bits per heavy atom. The first kappa shape index (κ1) is 20.3. The lowest BCUT2D eigenvalue weighted by Gasteiger charge is -2.17. The van der Waals surface area contributed by atoms with E-state index in [4.69, 9.17) is 4.74 Å². The lowest BCUT2D eigenvalue weighted by atomic mass is 10.1. The summed E-state index contributed by atoms with van der Waals surface area (Å²) in [6.45, 7) is 6.81. The minimum absolute atomic E-state index is 0.103. The number of nitrogens with one attached hydrogen (secondary N) is 1. The summed E-state index contributed by atoms with van der Waals surface area (Å²) in [6.07, 6.45) is -1.04. The lowest BCUT2D eigenvalue weighted by molar-refractivity contribution is -0.123. The van der Waals surface area contributed by atoms with E-state index >= 15 is 0 Å². The molecule has 2 aromatic rings. The Balaban J connectivity index is 1.72. The van der Waals surface area contributed by atoms with Gasteiger partial charge in [-0.3, -0.25) is 19.3 Å². The molecule has 1 aliphatic heterocycles. The third-order valence-corrected chi connectivity index (χ3v) is 4.73. The van der Waals surface area contributed by atoms with E-state index in [0.29, 0.717) is 5.69 Å². The number of esters is 1. The van der Waals surface area contributed by atoms with Crippen molar-refractivity contribution < 1.29 is 23.9 Å². The van der Waals surface area contributed by atoms with Gasteiger partial charge in [-0.2, -0.15) is 0 Å². The van der Waals surface area contributed by atoms with Crippen LogP contribution in [0.4, 0.5) is 5.69 Å². The molecule has 150 valence electrons. The Morgan fingerprint density at radius 1 is 0.966 bits per heavy atom. The minimum atomic E-state index is -1.04. The number of aryl methyl sites for hydroxylation is 1. The van der Waals surface area contributed by atoms with Crippen molar-refractivity contribution in [3.8, 4) is 0 Å². The monoisotopic (exact) mass is 394 g/mol. The van der Waals surface area contributed by atoms with E-state index in [9.17, 15) is 19.2 Å². The van der Waals surface area contributed by atoms with Crippen molar-refractivity contribution in [2.24, 2.45) is 0 Å². The van der Waals surface area contributed by atoms with Gasteiger partial charge in [0, 0.05) is 11.7 Å². The number of rotatable bonds is 5. The molecule has 0 saturated carbocycles. The van der Waals surface area contributed by atoms with Crippen molar-refractivity contribution in [3.63, 3.8) is 0 Å². The van der Waals surface area contributed by atoms with Crippen molar-refractivity contribution in [3.05, 3.63) is 64.7 Å². The topological polar surface area (TPSA) is 92.8 Å². The molecule has 2 aromatic carbocycles. The van der Waals surface area contributed by atoms with Crippen LogP contribution in [0.3, 0.4) is 0 Å². The standard InChI is InChI=1S/C22H22N2O5/c1-12(2)24-20(26)16-10-9-15(11-17(16)21(24)27)22(28)29-14(4)19(25)23-18-8-6-5-7-13(18)3/h5-12,14H,1-4H3,(H,23,25)/t14-/m1/s1. The summed E-state index contributed by atoms with van der Waals surface area (Å²) in [5.74, 6) is -2.04. The number of carbonyl (C=O) groups is 4. The van der Waals surface area contributed by atoms with Crippen LogP contribution in [0.1, 0.15) is 57.4 Å². The molecule has 7 heteroatoms. The molecule has 1 N–H and O–H groups in total. The first-order chi connectivity index (χ1) is 13.7. The maximum Gasteiger partial charge on any atom is 0.338 e. The number of fused-ring (bicyclic) bond motifs is 1. The number of nitrogens with zero attached hydrogens (tertiary/aromatic N) is 1. The molecule has 3 rings (SSSR count). The number of benzene rings is 2. The van der Waals surface area contributed by atoms with Gasteiger partial charge in [-0.25, -0.2) is 4.79 Å². The first-order valence-corrected chi connectivity index (χ1v) is 9.30. The molecule has 7 nitrogen and oxygen atoms in total. The predicted octanol–water partition coefficient (Wildman–Crippen LogP) is 3.18. The van der Waals surface area contributed by atoms with Crippen LogP contribution in [0, 0.1) is 6.92 Å². The number of imide groups is 1. The molecule has 29 heavy (non-hydrogen) atoms. The second kappa shape index (κ2) is 7.87. The van der Waals surface area contributed by atoms with Crippen LogP contribution in [-0.4, -0.2) is 40.7 Å². The Hall–Kier alpha value is -3.48. The smallest absolute Gasteiger partial charge is 0.338 e. The van der Waals surface area contributed by atoms with Crippen molar-refractivity contribution in [2.45, 2.75) is 39.8 Å². The Labute approximate surface area is 168 Å². The van der Waals surface area contributed by atoms with Crippen LogP contribution in [0.5, 0.6) is 0 Å². The summed E-state index contributed by atoms with van der Waals surface area (Å²) in [6, 6.07) is 11.2. The van der Waals surface area contributed by atoms with Gasteiger partial charge in [0.25, 0.3) is 17.7 Å². The lowest BCUT2D eigenvalue weighted by Crippen LogP contribution is -2.35. The number of anilines is 1. The highest BCUT2D eigenvalue weighted by atomic mass is 16.5. The van der Waals surface area contributed by atoms with Gasteiger partial charge < -0.3 is 10.1 Å². The highest BCUT2D eigenvalue weighted by Gasteiger charge is 2.37. The Kier molecular flexibility index (Phi) is 5.50. The zero-order valence-corrected chi connectivity index (χ0v) is 16.7. The van der Waals surface area contributed by atoms with E-state index in [1.165, 1.54) is 25.1 Å². The minimum Gasteiger partial charge on any atom is -0.449 e. The number of para-hydroxylation sites is 1. The molecule has 0 spiro atoms. The van der Waals surface area contributed by atoms with E-state index in [1.54, 1.807) is 26.0 Å². The average Bonchev–Trinajstić information content (AvgIpc) is 2.93. The number of ether oxygens (including phenoxy) is 1. The summed E-state index contributed by atoms with van der Waals surface area (Å²) in [7, 11) is 0. The van der Waals surface area contributed by atoms with Crippen molar-refractivity contribution in [1.82, 2.24) is 4.90 Å². The molecule has 1 aliphatic rings. The normalized spacial score (nSPS) is 14.0. The van der Waals surface area contributed by atoms with Gasteiger partial charge in [0.05, 0.1) is 16.7 Å². The molecule has 0 bridgehead atoms. The van der Waals surface area contributed by atoms with Crippen LogP contribution in [-0.2, 0) is 9.53 Å². The maximum absolute atomic E-state index is 12.5. The fourth-order valence-electron chi connectivity index (χ4n) is 3.09. The van der Waals surface area contributed by atoms with Crippen molar-refractivity contribution in [2.75, 3.05) is 5.32 Å². The number of amides is 3. The summed E-state index contributed by atoms with van der Waals surface area (Å²) >= 11 is 0. The molecule has 3 amide bonds. The van der Waals surface area contributed by atoms with Gasteiger partial charge >= 0.3 is 5.97 Å². The molecule has 0 aliphatic carbocycles. The molecular formula is C22H22N2O5. The van der Waals surface area contributed by atoms with Crippen LogP contribution < -0.4 is 5.32 Å². The van der Waals surface area contributed by atoms with E-state index in [0.717, 1.165) is 10.5 Å². The summed E-state index contributed by atoms with van der Waals surface area (Å²) in [5.41, 5.74) is 2.04. The maximum atomic E-state index is 12.5. The largest absolute Gasteiger partial charge is 0.449 e. The SMILES string of the molecule is Cc1ccccc1NC(=O)[C@@H](C)OC(=O)c1ccc2c(c1)C(=O)N(C(C)C)C2=O. The van der Waals surface area contributed by atoms with Crippen LogP contribution in [0.25, 0.3) is 0 Å². The van der Waals surface area contributed by atoms with E-state index in [-0.39, 0.29) is 28.6 Å². The summed E-state index contributed by atoms with van der Waals surface area (Å²) in [5, 5.41) is 2.72. The first-order valence-electron chi connectivity index (χ1n) is 9.30. The highest BCUT2D eigenvalue weighted by Crippen LogP contribution is 2.26. The zero-order chi connectivity index (χ0) is 21.3. The van der Waals surface area contributed by atoms with Gasteiger partial charge in [-0.1, -0.05) is 18.2 Å². The van der Waals surface area contributed by atoms with Crippen LogP contribution in [0.2, 0.25) is 0 Å². The Morgan fingerprint density at radius 2 is 1.62 bits per heavy atom. The van der Waals surface area contributed by atoms with Gasteiger partial charge in [0.1, 0.15) is 0 Å². The number of hydrogen-bond acceptors (Lipinski definition) is 5. The second-order valence-corrected chi connectivity index (χ2v) is 7.19. The van der Waals surface area contributed by atoms with Crippen LogP contribution in [0.15, 0.2) is 42.5 Å². The quantitative estimate of drug-likeness (QED) is 0.621. The number of carbonyl (C=O) groups excluding carboxylic acids is 4. The molecule has 0 saturated heterocycles. The molecule has 1 heterocycles. The fraction of sp³-hybridized carbons (Fsp3) is 0.273. The Bertz CT molecular complexity index is 1010. The third-order valence-electron chi connectivity index (χ3n) is 4.73. The van der Waals surface area contributed by atoms with Crippen LogP contribution >= 0.6 is 0 Å². The van der Waals surface area contributed by atoms with Gasteiger partial charge in [-0.15, -0.1) is 0 Å². The molecule has 0 aromatic heterocycles. The molecule has 0 radical (unpaired) electrons. The second-order valence-electron chi connectivity index (χ2n) is 7.19. The molecular weight excluding hydrogens is 372 g/mol. The van der Waals surface area contributed by atoms with Gasteiger partial charge in [-0.05, 0) is 57.5 Å². The molecule has 0 unspecified atom stereocenters. The summed E-state index contributed by atoms with van der Waals surface area (Å²) < 4.78 is 5.25. The van der Waals surface area contributed by atoms with Crippen molar-refractivity contribution in [1.29, 1.82) is 0 Å². The average molecular weight is 394 g/mol. The molecule has 1 atom stereocenters. The van der Waals surface area contributed by atoms with Gasteiger partial charge in [0.2, 0.25) is 0 Å². The third kappa shape index (κ3) is 3.89. The molecule has 0 fully saturated rings.